The number of hydrogen-bond acceptors (Lipinski definition) is 7. The second-order valence-corrected chi connectivity index (χ2v) is 16.2. The highest BCUT2D eigenvalue weighted by Crippen LogP contribution is 2.36. The van der Waals surface area contributed by atoms with Gasteiger partial charge in [-0.15, -0.1) is 0 Å². The molecule has 188 valence electrons. The van der Waals surface area contributed by atoms with E-state index in [1.165, 1.54) is 0 Å². The van der Waals surface area contributed by atoms with E-state index >= 15 is 0 Å². The van der Waals surface area contributed by atoms with Crippen molar-refractivity contribution in [2.45, 2.75) is 84.2 Å². The van der Waals surface area contributed by atoms with Crippen molar-refractivity contribution in [2.75, 3.05) is 19.8 Å². The number of likely N-dealkylation sites (tertiary alicyclic amines) is 1. The van der Waals surface area contributed by atoms with Crippen LogP contribution in [0.3, 0.4) is 0 Å². The van der Waals surface area contributed by atoms with Gasteiger partial charge in [-0.3, -0.25) is 4.98 Å². The van der Waals surface area contributed by atoms with Crippen LogP contribution in [0.4, 0.5) is 4.79 Å². The SMILES string of the molecule is CC(C)(C)OC(=O)N1CC[C@H]1COc1cncc(-c2cc(CCO[Si](C)(C)C(C)(C)C)no2)c1. The molecule has 1 aliphatic rings. The van der Waals surface area contributed by atoms with Crippen molar-refractivity contribution in [1.82, 2.24) is 15.0 Å². The molecule has 1 fully saturated rings. The summed E-state index contributed by atoms with van der Waals surface area (Å²) in [5, 5.41) is 4.37. The molecule has 3 heterocycles. The fourth-order valence-corrected chi connectivity index (χ4v) is 4.24. The summed E-state index contributed by atoms with van der Waals surface area (Å²) in [4.78, 5) is 18.3. The van der Waals surface area contributed by atoms with Crippen molar-refractivity contribution >= 4 is 14.4 Å². The summed E-state index contributed by atoms with van der Waals surface area (Å²) in [5.74, 6) is 1.26. The first-order valence-corrected chi connectivity index (χ1v) is 14.8. The van der Waals surface area contributed by atoms with Gasteiger partial charge < -0.3 is 23.3 Å². The third kappa shape index (κ3) is 6.82. The Kier molecular flexibility index (Phi) is 7.77. The van der Waals surface area contributed by atoms with Crippen LogP contribution in [0.5, 0.6) is 5.75 Å². The van der Waals surface area contributed by atoms with Crippen molar-refractivity contribution < 1.29 is 23.2 Å². The highest BCUT2D eigenvalue weighted by molar-refractivity contribution is 6.74. The van der Waals surface area contributed by atoms with E-state index < -0.39 is 13.9 Å². The first-order valence-electron chi connectivity index (χ1n) is 11.9. The zero-order valence-corrected chi connectivity index (χ0v) is 22.8. The summed E-state index contributed by atoms with van der Waals surface area (Å²) in [6.07, 6.45) is 4.66. The molecule has 0 radical (unpaired) electrons. The molecule has 0 unspecified atom stereocenters. The molecule has 0 saturated carbocycles. The van der Waals surface area contributed by atoms with Crippen molar-refractivity contribution in [2.24, 2.45) is 0 Å². The number of aromatic nitrogens is 2. The minimum Gasteiger partial charge on any atom is -0.490 e. The lowest BCUT2D eigenvalue weighted by molar-refractivity contribution is -0.0141. The van der Waals surface area contributed by atoms with Crippen LogP contribution in [0, 0.1) is 0 Å². The van der Waals surface area contributed by atoms with Crippen LogP contribution in [0.2, 0.25) is 18.1 Å². The Labute approximate surface area is 204 Å². The third-order valence-corrected chi connectivity index (χ3v) is 10.9. The van der Waals surface area contributed by atoms with Crippen LogP contribution >= 0.6 is 0 Å². The Bertz CT molecular complexity index is 977. The van der Waals surface area contributed by atoms with Crippen molar-refractivity contribution in [3.05, 3.63) is 30.2 Å². The smallest absolute Gasteiger partial charge is 0.410 e. The number of carbonyl (C=O) groups is 1. The Balaban J connectivity index is 1.53. The number of rotatable bonds is 8. The van der Waals surface area contributed by atoms with Crippen LogP contribution < -0.4 is 4.74 Å². The number of hydrogen-bond donors (Lipinski definition) is 0. The first kappa shape index (κ1) is 26.2. The van der Waals surface area contributed by atoms with Gasteiger partial charge in [-0.1, -0.05) is 25.9 Å². The van der Waals surface area contributed by atoms with Crippen LogP contribution in [0.1, 0.15) is 53.7 Å². The molecule has 3 rings (SSSR count). The van der Waals surface area contributed by atoms with Crippen molar-refractivity contribution in [3.8, 4) is 17.1 Å². The molecule has 1 aliphatic heterocycles. The van der Waals surface area contributed by atoms with Gasteiger partial charge >= 0.3 is 6.09 Å². The standard InChI is InChI=1S/C25H39N3O5Si/c1-24(2,3)32-23(29)28-11-9-20(28)17-30-21-13-18(15-26-16-21)22-14-19(27-33-22)10-12-31-34(7,8)25(4,5)6/h13-16,20H,9-12,17H2,1-8H3/t20-/m0/s1. The van der Waals surface area contributed by atoms with E-state index in [4.69, 9.17) is 18.4 Å². The molecule has 0 aliphatic carbocycles. The lowest BCUT2D eigenvalue weighted by Gasteiger charge is -2.40. The minimum absolute atomic E-state index is 0.00344. The molecule has 0 bridgehead atoms. The van der Waals surface area contributed by atoms with Gasteiger partial charge in [0.05, 0.1) is 17.9 Å². The molecule has 2 aromatic heterocycles. The highest BCUT2D eigenvalue weighted by atomic mass is 28.4. The molecule has 2 aromatic rings. The molecule has 1 amide bonds. The second-order valence-electron chi connectivity index (χ2n) is 11.4. The lowest BCUT2D eigenvalue weighted by atomic mass is 10.1. The molecule has 34 heavy (non-hydrogen) atoms. The van der Waals surface area contributed by atoms with E-state index in [0.29, 0.717) is 37.7 Å². The van der Waals surface area contributed by atoms with E-state index in [1.54, 1.807) is 17.3 Å². The fourth-order valence-electron chi connectivity index (χ4n) is 3.19. The average Bonchev–Trinajstić information content (AvgIpc) is 3.14. The normalized spacial score (nSPS) is 16.8. The molecule has 0 N–H and O–H groups in total. The van der Waals surface area contributed by atoms with Gasteiger partial charge in [0.15, 0.2) is 14.1 Å². The zero-order chi connectivity index (χ0) is 25.1. The van der Waals surface area contributed by atoms with Crippen molar-refractivity contribution in [3.63, 3.8) is 0 Å². The van der Waals surface area contributed by atoms with Crippen LogP contribution in [-0.4, -0.2) is 60.9 Å². The first-order chi connectivity index (χ1) is 15.7. The predicted octanol–water partition coefficient (Wildman–Crippen LogP) is 5.69. The monoisotopic (exact) mass is 489 g/mol. The maximum atomic E-state index is 12.3. The third-order valence-electron chi connectivity index (χ3n) is 6.40. The topological polar surface area (TPSA) is 86.9 Å². The Hall–Kier alpha value is -2.39. The van der Waals surface area contributed by atoms with Crippen LogP contribution in [-0.2, 0) is 15.6 Å². The Morgan fingerprint density at radius 2 is 1.91 bits per heavy atom. The van der Waals surface area contributed by atoms with E-state index in [9.17, 15) is 4.79 Å². The predicted molar refractivity (Wildman–Crippen MR) is 133 cm³/mol. The fraction of sp³-hybridized carbons (Fsp3) is 0.640. The van der Waals surface area contributed by atoms with Gasteiger partial charge in [0.25, 0.3) is 0 Å². The van der Waals surface area contributed by atoms with Gasteiger partial charge in [-0.05, 0) is 51.4 Å². The maximum Gasteiger partial charge on any atom is 0.410 e. The van der Waals surface area contributed by atoms with Crippen LogP contribution in [0.15, 0.2) is 29.0 Å². The number of ether oxygens (including phenoxy) is 2. The number of nitrogens with zero attached hydrogens (tertiary/aromatic N) is 3. The molecular weight excluding hydrogens is 450 g/mol. The summed E-state index contributed by atoms with van der Waals surface area (Å²) >= 11 is 0. The molecule has 8 nitrogen and oxygen atoms in total. The Morgan fingerprint density at radius 3 is 2.53 bits per heavy atom. The van der Waals surface area contributed by atoms with E-state index in [0.717, 1.165) is 17.7 Å². The van der Waals surface area contributed by atoms with Gasteiger partial charge in [-0.2, -0.15) is 0 Å². The van der Waals surface area contributed by atoms with Gasteiger partial charge in [0.2, 0.25) is 0 Å². The summed E-state index contributed by atoms with van der Waals surface area (Å²) in [5.41, 5.74) is 1.13. The molecule has 1 saturated heterocycles. The number of pyridine rings is 1. The number of carbonyl (C=O) groups excluding carboxylic acids is 1. The van der Waals surface area contributed by atoms with Gasteiger partial charge in [-0.25, -0.2) is 4.79 Å². The summed E-state index contributed by atoms with van der Waals surface area (Å²) in [6, 6.07) is 3.79. The lowest BCUT2D eigenvalue weighted by Crippen LogP contribution is -2.55. The zero-order valence-electron chi connectivity index (χ0n) is 21.8. The summed E-state index contributed by atoms with van der Waals surface area (Å²) < 4.78 is 23.2. The molecule has 0 aromatic carbocycles. The quantitative estimate of drug-likeness (QED) is 0.440. The molecular formula is C25H39N3O5Si. The summed E-state index contributed by atoms with van der Waals surface area (Å²) in [7, 11) is -1.78. The molecule has 0 spiro atoms. The highest BCUT2D eigenvalue weighted by Gasteiger charge is 2.37. The van der Waals surface area contributed by atoms with E-state index in [-0.39, 0.29) is 17.2 Å². The van der Waals surface area contributed by atoms with E-state index in [1.807, 2.05) is 32.9 Å². The van der Waals surface area contributed by atoms with Gasteiger partial charge in [0.1, 0.15) is 18.0 Å². The second kappa shape index (κ2) is 10.1. The van der Waals surface area contributed by atoms with Crippen LogP contribution in [0.25, 0.3) is 11.3 Å². The number of amides is 1. The van der Waals surface area contributed by atoms with Crippen molar-refractivity contribution in [1.29, 1.82) is 0 Å². The maximum absolute atomic E-state index is 12.3. The minimum atomic E-state index is -1.78. The molecule has 9 heteroatoms. The Morgan fingerprint density at radius 1 is 1.18 bits per heavy atom. The average molecular weight is 490 g/mol. The molecule has 1 atom stereocenters. The summed E-state index contributed by atoms with van der Waals surface area (Å²) in [6.45, 7) is 18.5. The largest absolute Gasteiger partial charge is 0.490 e. The van der Waals surface area contributed by atoms with Gasteiger partial charge in [0, 0.05) is 37.4 Å². The van der Waals surface area contributed by atoms with E-state index in [2.05, 4.69) is 44.0 Å².